The number of nitrogens with one attached hydrogen (secondary N) is 2. The Hall–Kier alpha value is -2.47. The number of nitrogens with zero attached hydrogens (tertiary/aromatic N) is 2. The summed E-state index contributed by atoms with van der Waals surface area (Å²) in [7, 11) is 0. The average Bonchev–Trinajstić information content (AvgIpc) is 2.99. The summed E-state index contributed by atoms with van der Waals surface area (Å²) in [5.41, 5.74) is 3.48. The van der Waals surface area contributed by atoms with E-state index in [9.17, 15) is 4.79 Å². The molecule has 0 amide bonds. The number of H-pyrrole nitrogens is 1. The second-order valence-corrected chi connectivity index (χ2v) is 6.16. The average molecular weight is 312 g/mol. The molecule has 0 saturated carbocycles. The summed E-state index contributed by atoms with van der Waals surface area (Å²) in [5.74, 6) is 0.350. The van der Waals surface area contributed by atoms with Crippen molar-refractivity contribution in [3.63, 3.8) is 0 Å². The molecule has 2 aromatic heterocycles. The first-order valence-electron chi connectivity index (χ1n) is 6.94. The van der Waals surface area contributed by atoms with E-state index in [1.54, 1.807) is 11.3 Å². The molecule has 3 aromatic rings. The molecule has 1 aromatic carbocycles. The predicted octanol–water partition coefficient (Wildman–Crippen LogP) is 3.18. The van der Waals surface area contributed by atoms with Gasteiger partial charge in [-0.25, -0.2) is 0 Å². The molecule has 22 heavy (non-hydrogen) atoms. The SMILES string of the molecule is Cc1ccc(Nc2nnc(Cc3cccs3)c(=O)[nH]2)cc1C. The monoisotopic (exact) mass is 312 g/mol. The zero-order valence-electron chi connectivity index (χ0n) is 12.4. The fourth-order valence-corrected chi connectivity index (χ4v) is 2.78. The maximum atomic E-state index is 12.1. The van der Waals surface area contributed by atoms with E-state index in [-0.39, 0.29) is 5.56 Å². The quantitative estimate of drug-likeness (QED) is 0.776. The van der Waals surface area contributed by atoms with Crippen molar-refractivity contribution in [1.29, 1.82) is 0 Å². The highest BCUT2D eigenvalue weighted by Gasteiger charge is 2.07. The van der Waals surface area contributed by atoms with Crippen molar-refractivity contribution in [2.75, 3.05) is 5.32 Å². The second kappa shape index (κ2) is 6.11. The maximum absolute atomic E-state index is 12.1. The Kier molecular flexibility index (Phi) is 4.02. The molecule has 5 nitrogen and oxygen atoms in total. The van der Waals surface area contributed by atoms with Crippen LogP contribution in [-0.2, 0) is 6.42 Å². The molecule has 3 rings (SSSR count). The molecule has 0 aliphatic heterocycles. The van der Waals surface area contributed by atoms with Crippen molar-refractivity contribution < 1.29 is 0 Å². The van der Waals surface area contributed by atoms with Gasteiger partial charge < -0.3 is 5.32 Å². The van der Waals surface area contributed by atoms with Crippen LogP contribution < -0.4 is 10.9 Å². The van der Waals surface area contributed by atoms with E-state index in [1.807, 2.05) is 42.6 Å². The summed E-state index contributed by atoms with van der Waals surface area (Å²) in [6.07, 6.45) is 0.504. The predicted molar refractivity (Wildman–Crippen MR) is 89.0 cm³/mol. The Morgan fingerprint density at radius 2 is 2.05 bits per heavy atom. The lowest BCUT2D eigenvalue weighted by Gasteiger charge is -2.07. The van der Waals surface area contributed by atoms with E-state index in [0.29, 0.717) is 18.1 Å². The minimum absolute atomic E-state index is 0.213. The van der Waals surface area contributed by atoms with Gasteiger partial charge in [0.2, 0.25) is 5.95 Å². The first-order valence-corrected chi connectivity index (χ1v) is 7.82. The van der Waals surface area contributed by atoms with E-state index < -0.39 is 0 Å². The maximum Gasteiger partial charge on any atom is 0.274 e. The van der Waals surface area contributed by atoms with E-state index in [1.165, 1.54) is 11.1 Å². The minimum Gasteiger partial charge on any atom is -0.324 e. The van der Waals surface area contributed by atoms with E-state index in [2.05, 4.69) is 27.4 Å². The number of rotatable bonds is 4. The van der Waals surface area contributed by atoms with Crippen LogP contribution in [0.5, 0.6) is 0 Å². The first kappa shape index (κ1) is 14.5. The Morgan fingerprint density at radius 1 is 1.18 bits per heavy atom. The van der Waals surface area contributed by atoms with Gasteiger partial charge in [-0.05, 0) is 48.6 Å². The largest absolute Gasteiger partial charge is 0.324 e. The van der Waals surface area contributed by atoms with Gasteiger partial charge in [-0.2, -0.15) is 0 Å². The molecule has 2 heterocycles. The summed E-state index contributed by atoms with van der Waals surface area (Å²) in [4.78, 5) is 15.9. The highest BCUT2D eigenvalue weighted by molar-refractivity contribution is 7.09. The van der Waals surface area contributed by atoms with Crippen LogP contribution in [0.25, 0.3) is 0 Å². The smallest absolute Gasteiger partial charge is 0.274 e. The van der Waals surface area contributed by atoms with E-state index >= 15 is 0 Å². The molecule has 0 aliphatic rings. The second-order valence-electron chi connectivity index (χ2n) is 5.13. The molecule has 0 bridgehead atoms. The van der Waals surface area contributed by atoms with Gasteiger partial charge in [0.15, 0.2) is 0 Å². The summed E-state index contributed by atoms with van der Waals surface area (Å²) < 4.78 is 0. The number of aromatic nitrogens is 3. The molecule has 0 atom stereocenters. The van der Waals surface area contributed by atoms with Crippen LogP contribution in [0.4, 0.5) is 11.6 Å². The van der Waals surface area contributed by atoms with Crippen molar-refractivity contribution >= 4 is 23.0 Å². The van der Waals surface area contributed by atoms with Gasteiger partial charge in [0.05, 0.1) is 0 Å². The molecule has 6 heteroatoms. The zero-order chi connectivity index (χ0) is 15.5. The van der Waals surface area contributed by atoms with E-state index in [0.717, 1.165) is 10.6 Å². The third-order valence-electron chi connectivity index (χ3n) is 3.46. The fourth-order valence-electron chi connectivity index (χ4n) is 2.07. The molecule has 0 unspecified atom stereocenters. The van der Waals surface area contributed by atoms with Gasteiger partial charge in [0.25, 0.3) is 5.56 Å². The molecule has 0 saturated heterocycles. The summed E-state index contributed by atoms with van der Waals surface area (Å²) in [6.45, 7) is 4.10. The van der Waals surface area contributed by atoms with Crippen LogP contribution >= 0.6 is 11.3 Å². The molecule has 0 fully saturated rings. The number of aryl methyl sites for hydroxylation is 2. The third kappa shape index (κ3) is 3.23. The number of thiophene rings is 1. The lowest BCUT2D eigenvalue weighted by atomic mass is 10.1. The first-order chi connectivity index (χ1) is 10.6. The van der Waals surface area contributed by atoms with Crippen LogP contribution in [0, 0.1) is 13.8 Å². The molecule has 0 radical (unpaired) electrons. The van der Waals surface area contributed by atoms with Crippen LogP contribution in [-0.4, -0.2) is 15.2 Å². The van der Waals surface area contributed by atoms with Gasteiger partial charge in [0.1, 0.15) is 5.69 Å². The molecule has 2 N–H and O–H groups in total. The third-order valence-corrected chi connectivity index (χ3v) is 4.33. The Labute approximate surface area is 132 Å². The molecule has 0 spiro atoms. The lowest BCUT2D eigenvalue weighted by molar-refractivity contribution is 0.878. The fraction of sp³-hybridized carbons (Fsp3) is 0.188. The number of hydrogen-bond acceptors (Lipinski definition) is 5. The molecule has 112 valence electrons. The minimum atomic E-state index is -0.213. The van der Waals surface area contributed by atoms with Crippen molar-refractivity contribution in [2.24, 2.45) is 0 Å². The van der Waals surface area contributed by atoms with Crippen molar-refractivity contribution in [3.05, 3.63) is 67.8 Å². The Balaban J connectivity index is 1.79. The van der Waals surface area contributed by atoms with Crippen LogP contribution in [0.1, 0.15) is 21.7 Å². The van der Waals surface area contributed by atoms with Crippen molar-refractivity contribution in [3.8, 4) is 0 Å². The van der Waals surface area contributed by atoms with Crippen molar-refractivity contribution in [1.82, 2.24) is 15.2 Å². The van der Waals surface area contributed by atoms with Crippen LogP contribution in [0.2, 0.25) is 0 Å². The van der Waals surface area contributed by atoms with Crippen LogP contribution in [0.15, 0.2) is 40.5 Å². The normalized spacial score (nSPS) is 10.6. The number of anilines is 2. The molecule has 0 aliphatic carbocycles. The van der Waals surface area contributed by atoms with Gasteiger partial charge in [-0.15, -0.1) is 21.5 Å². The number of aromatic amines is 1. The highest BCUT2D eigenvalue weighted by Crippen LogP contribution is 2.16. The number of hydrogen-bond donors (Lipinski definition) is 2. The van der Waals surface area contributed by atoms with Gasteiger partial charge in [-0.3, -0.25) is 9.78 Å². The van der Waals surface area contributed by atoms with Crippen LogP contribution in [0.3, 0.4) is 0 Å². The standard InChI is InChI=1S/C16H16N4OS/c1-10-5-6-12(8-11(10)2)17-16-18-15(21)14(19-20-16)9-13-4-3-7-22-13/h3-8H,9H2,1-2H3,(H2,17,18,20,21). The van der Waals surface area contributed by atoms with Gasteiger partial charge in [0, 0.05) is 17.0 Å². The number of benzene rings is 1. The van der Waals surface area contributed by atoms with E-state index in [4.69, 9.17) is 0 Å². The van der Waals surface area contributed by atoms with Gasteiger partial charge in [-0.1, -0.05) is 12.1 Å². The lowest BCUT2D eigenvalue weighted by Crippen LogP contribution is -2.18. The highest BCUT2D eigenvalue weighted by atomic mass is 32.1. The van der Waals surface area contributed by atoms with Crippen molar-refractivity contribution in [2.45, 2.75) is 20.3 Å². The Bertz CT molecular complexity index is 840. The summed E-state index contributed by atoms with van der Waals surface area (Å²) >= 11 is 1.60. The summed E-state index contributed by atoms with van der Waals surface area (Å²) in [6, 6.07) is 9.91. The zero-order valence-corrected chi connectivity index (χ0v) is 13.2. The molecular weight excluding hydrogens is 296 g/mol. The van der Waals surface area contributed by atoms with Gasteiger partial charge >= 0.3 is 0 Å². The Morgan fingerprint density at radius 3 is 2.73 bits per heavy atom. The topological polar surface area (TPSA) is 70.7 Å². The summed E-state index contributed by atoms with van der Waals surface area (Å²) in [5, 5.41) is 13.1. The molecular formula is C16H16N4OS.